The fourth-order valence-electron chi connectivity index (χ4n) is 1.55. The van der Waals surface area contributed by atoms with Crippen molar-refractivity contribution < 1.29 is 15.0 Å². The number of rotatable bonds is 3. The lowest BCUT2D eigenvalue weighted by Crippen LogP contribution is -2.08. The van der Waals surface area contributed by atoms with Crippen molar-refractivity contribution in [3.05, 3.63) is 17.0 Å². The number of thioether (sulfide) groups is 1. The number of hydrogen-bond acceptors (Lipinski definition) is 4. The Kier molecular flexibility index (Phi) is 2.47. The summed E-state index contributed by atoms with van der Waals surface area (Å²) in [6, 6.07) is 0. The second-order valence-corrected chi connectivity index (χ2v) is 4.00. The third kappa shape index (κ3) is 1.40. The maximum Gasteiger partial charge on any atom is 0.356 e. The van der Waals surface area contributed by atoms with Crippen LogP contribution in [0.1, 0.15) is 21.7 Å². The molecular formula is C8H10N2O3S. The van der Waals surface area contributed by atoms with E-state index in [-0.39, 0.29) is 12.3 Å². The summed E-state index contributed by atoms with van der Waals surface area (Å²) in [4.78, 5) is 10.8. The highest BCUT2D eigenvalue weighted by molar-refractivity contribution is 7.98. The van der Waals surface area contributed by atoms with E-state index in [9.17, 15) is 4.79 Å². The molecule has 2 rings (SSSR count). The Morgan fingerprint density at radius 1 is 1.57 bits per heavy atom. The zero-order chi connectivity index (χ0) is 10.1. The summed E-state index contributed by atoms with van der Waals surface area (Å²) < 4.78 is 1.60. The number of fused-ring (bicyclic) bond motifs is 1. The maximum absolute atomic E-state index is 10.8. The number of nitrogens with zero attached hydrogens (tertiary/aromatic N) is 2. The average Bonchev–Trinajstić information content (AvgIpc) is 2.67. The van der Waals surface area contributed by atoms with E-state index in [1.165, 1.54) is 0 Å². The Morgan fingerprint density at radius 3 is 3.00 bits per heavy atom. The van der Waals surface area contributed by atoms with Gasteiger partial charge in [-0.1, -0.05) is 0 Å². The fraction of sp³-hybridized carbons (Fsp3) is 0.500. The molecule has 0 saturated carbocycles. The highest BCUT2D eigenvalue weighted by Crippen LogP contribution is 2.32. The molecule has 1 aromatic heterocycles. The van der Waals surface area contributed by atoms with E-state index in [1.54, 1.807) is 16.4 Å². The molecule has 0 bridgehead atoms. The fourth-order valence-corrected chi connectivity index (χ4v) is 2.67. The summed E-state index contributed by atoms with van der Waals surface area (Å²) >= 11 is 1.68. The van der Waals surface area contributed by atoms with Crippen LogP contribution in [-0.4, -0.2) is 32.6 Å². The van der Waals surface area contributed by atoms with Gasteiger partial charge >= 0.3 is 5.97 Å². The predicted molar refractivity (Wildman–Crippen MR) is 51.3 cm³/mol. The zero-order valence-corrected chi connectivity index (χ0v) is 8.25. The summed E-state index contributed by atoms with van der Waals surface area (Å²) in [6.45, 7) is 0.355. The minimum absolute atomic E-state index is 0.0160. The number of aromatic carboxylic acids is 1. The van der Waals surface area contributed by atoms with Gasteiger partial charge in [0.2, 0.25) is 0 Å². The number of aromatic nitrogens is 2. The van der Waals surface area contributed by atoms with Gasteiger partial charge in [0.05, 0.1) is 18.8 Å². The monoisotopic (exact) mass is 214 g/mol. The van der Waals surface area contributed by atoms with Crippen molar-refractivity contribution in [3.8, 4) is 0 Å². The highest BCUT2D eigenvalue weighted by atomic mass is 32.2. The van der Waals surface area contributed by atoms with Crippen LogP contribution in [0.5, 0.6) is 0 Å². The Morgan fingerprint density at radius 2 is 2.36 bits per heavy atom. The van der Waals surface area contributed by atoms with Crippen LogP contribution in [0.15, 0.2) is 0 Å². The van der Waals surface area contributed by atoms with Gasteiger partial charge in [0.25, 0.3) is 0 Å². The molecule has 5 nitrogen and oxygen atoms in total. The van der Waals surface area contributed by atoms with Gasteiger partial charge in [-0.2, -0.15) is 16.9 Å². The number of aliphatic hydroxyl groups excluding tert-OH is 1. The first-order valence-electron chi connectivity index (χ1n) is 4.24. The molecule has 0 amide bonds. The van der Waals surface area contributed by atoms with Crippen LogP contribution in [0.4, 0.5) is 0 Å². The molecule has 0 radical (unpaired) electrons. The largest absolute Gasteiger partial charge is 0.476 e. The lowest BCUT2D eigenvalue weighted by Gasteiger charge is -2.00. The van der Waals surface area contributed by atoms with Crippen LogP contribution in [0.2, 0.25) is 0 Å². The quantitative estimate of drug-likeness (QED) is 0.758. The number of carbonyl (C=O) groups is 1. The van der Waals surface area contributed by atoms with Crippen molar-refractivity contribution in [2.24, 2.45) is 0 Å². The first-order chi connectivity index (χ1) is 6.74. The van der Waals surface area contributed by atoms with Crippen LogP contribution >= 0.6 is 11.8 Å². The number of hydrogen-bond donors (Lipinski definition) is 2. The lowest BCUT2D eigenvalue weighted by molar-refractivity contribution is 0.0688. The van der Waals surface area contributed by atoms with Gasteiger partial charge in [0.1, 0.15) is 0 Å². The van der Waals surface area contributed by atoms with E-state index in [1.807, 2.05) is 0 Å². The lowest BCUT2D eigenvalue weighted by atomic mass is 10.2. The first kappa shape index (κ1) is 9.54. The van der Waals surface area contributed by atoms with E-state index in [4.69, 9.17) is 10.2 Å². The smallest absolute Gasteiger partial charge is 0.356 e. The van der Waals surface area contributed by atoms with Crippen molar-refractivity contribution in [3.63, 3.8) is 0 Å². The molecule has 0 aliphatic carbocycles. The standard InChI is InChI=1S/C8H10N2O3S/c11-2-1-10-6-4-14-3-5(6)7(9-10)8(12)13/h11H,1-4H2,(H,12,13). The summed E-state index contributed by atoms with van der Waals surface area (Å²) in [5.74, 6) is 0.512. The third-order valence-corrected chi connectivity index (χ3v) is 3.14. The van der Waals surface area contributed by atoms with Gasteiger partial charge in [-0.05, 0) is 0 Å². The van der Waals surface area contributed by atoms with Crippen molar-refractivity contribution in [2.45, 2.75) is 18.1 Å². The summed E-state index contributed by atoms with van der Waals surface area (Å²) in [5.41, 5.74) is 1.90. The van der Waals surface area contributed by atoms with Crippen molar-refractivity contribution in [1.82, 2.24) is 9.78 Å². The van der Waals surface area contributed by atoms with Crippen LogP contribution in [0, 0.1) is 0 Å². The van der Waals surface area contributed by atoms with Gasteiger partial charge in [-0.3, -0.25) is 4.68 Å². The van der Waals surface area contributed by atoms with Crippen LogP contribution in [0.3, 0.4) is 0 Å². The Hall–Kier alpha value is -1.01. The van der Waals surface area contributed by atoms with Gasteiger partial charge < -0.3 is 10.2 Å². The number of carboxylic acid groups (broad SMARTS) is 1. The van der Waals surface area contributed by atoms with E-state index in [0.29, 0.717) is 12.3 Å². The zero-order valence-electron chi connectivity index (χ0n) is 7.43. The molecule has 6 heteroatoms. The molecule has 0 aromatic carbocycles. The Labute approximate surface area is 84.7 Å². The maximum atomic E-state index is 10.8. The minimum atomic E-state index is -0.986. The molecule has 76 valence electrons. The molecule has 1 aliphatic heterocycles. The van der Waals surface area contributed by atoms with E-state index < -0.39 is 5.97 Å². The molecule has 0 unspecified atom stereocenters. The highest BCUT2D eigenvalue weighted by Gasteiger charge is 2.25. The molecule has 1 aromatic rings. The number of carboxylic acids is 1. The first-order valence-corrected chi connectivity index (χ1v) is 5.40. The molecule has 2 heterocycles. The van der Waals surface area contributed by atoms with Crippen molar-refractivity contribution >= 4 is 17.7 Å². The normalized spacial score (nSPS) is 14.4. The molecule has 0 saturated heterocycles. The van der Waals surface area contributed by atoms with Gasteiger partial charge in [0.15, 0.2) is 5.69 Å². The van der Waals surface area contributed by atoms with Gasteiger partial charge in [0, 0.05) is 17.1 Å². The van der Waals surface area contributed by atoms with Gasteiger partial charge in [-0.25, -0.2) is 4.79 Å². The second kappa shape index (κ2) is 3.62. The Bertz CT molecular complexity index is 375. The summed E-state index contributed by atoms with van der Waals surface area (Å²) in [6.07, 6.45) is 0. The van der Waals surface area contributed by atoms with Crippen LogP contribution < -0.4 is 0 Å². The van der Waals surface area contributed by atoms with E-state index >= 15 is 0 Å². The molecule has 1 aliphatic rings. The molecule has 0 atom stereocenters. The number of aliphatic hydroxyl groups is 1. The van der Waals surface area contributed by atoms with Crippen LogP contribution in [-0.2, 0) is 18.1 Å². The SMILES string of the molecule is O=C(O)c1nn(CCO)c2c1CSC2. The van der Waals surface area contributed by atoms with E-state index in [2.05, 4.69) is 5.10 Å². The topological polar surface area (TPSA) is 75.3 Å². The van der Waals surface area contributed by atoms with Crippen LogP contribution in [0.25, 0.3) is 0 Å². The minimum Gasteiger partial charge on any atom is -0.476 e. The molecule has 0 spiro atoms. The Balaban J connectivity index is 2.44. The third-order valence-electron chi connectivity index (χ3n) is 2.17. The van der Waals surface area contributed by atoms with Gasteiger partial charge in [-0.15, -0.1) is 0 Å². The van der Waals surface area contributed by atoms with E-state index in [0.717, 1.165) is 17.0 Å². The summed E-state index contributed by atoms with van der Waals surface area (Å²) in [5, 5.41) is 21.6. The van der Waals surface area contributed by atoms with Crippen molar-refractivity contribution in [1.29, 1.82) is 0 Å². The molecular weight excluding hydrogens is 204 g/mol. The predicted octanol–water partition coefficient (Wildman–Crippen LogP) is 0.320. The summed E-state index contributed by atoms with van der Waals surface area (Å²) in [7, 11) is 0. The van der Waals surface area contributed by atoms with Crippen molar-refractivity contribution in [2.75, 3.05) is 6.61 Å². The average molecular weight is 214 g/mol. The molecule has 0 fully saturated rings. The molecule has 14 heavy (non-hydrogen) atoms. The molecule has 2 N–H and O–H groups in total. The second-order valence-electron chi connectivity index (χ2n) is 3.02.